The highest BCUT2D eigenvalue weighted by Gasteiger charge is 2.18. The van der Waals surface area contributed by atoms with Crippen LogP contribution in [0.1, 0.15) is 18.2 Å². The summed E-state index contributed by atoms with van der Waals surface area (Å²) in [7, 11) is 1.82. The van der Waals surface area contributed by atoms with Gasteiger partial charge in [0.15, 0.2) is 17.2 Å². The first-order valence-corrected chi connectivity index (χ1v) is 13.6. The van der Waals surface area contributed by atoms with Crippen molar-refractivity contribution >= 4 is 22.7 Å². The Morgan fingerprint density at radius 1 is 0.975 bits per heavy atom. The van der Waals surface area contributed by atoms with E-state index in [1.807, 2.05) is 69.4 Å². The minimum atomic E-state index is -0.380. The van der Waals surface area contributed by atoms with Gasteiger partial charge >= 0.3 is 0 Å². The molecule has 3 heterocycles. The monoisotopic (exact) mass is 555 g/mol. The van der Waals surface area contributed by atoms with Crippen LogP contribution in [0.4, 0.5) is 10.1 Å². The number of nitrogens with zero attached hydrogens (tertiary/aromatic N) is 5. The molecule has 0 atom stereocenters. The minimum absolute atomic E-state index is 0.258. The van der Waals surface area contributed by atoms with Gasteiger partial charge in [-0.3, -0.25) is 9.48 Å². The lowest BCUT2D eigenvalue weighted by Crippen LogP contribution is -2.20. The molecule has 0 fully saturated rings. The zero-order valence-electron chi connectivity index (χ0n) is 22.2. The summed E-state index contributed by atoms with van der Waals surface area (Å²) in [5, 5.41) is 6.67. The van der Waals surface area contributed by atoms with Crippen molar-refractivity contribution in [2.45, 2.75) is 13.8 Å². The molecule has 0 unspecified atom stereocenters. The highest BCUT2D eigenvalue weighted by Crippen LogP contribution is 2.31. The molecule has 5 aromatic rings. The minimum Gasteiger partial charge on any atom is -0.486 e. The molecule has 0 spiro atoms. The zero-order chi connectivity index (χ0) is 27.8. The fraction of sp³-hybridized carbons (Fsp3) is 0.167. The van der Waals surface area contributed by atoms with Crippen molar-refractivity contribution in [1.82, 2.24) is 14.0 Å². The molecule has 0 radical (unpaired) electrons. The second kappa shape index (κ2) is 10.5. The van der Waals surface area contributed by atoms with Crippen molar-refractivity contribution in [3.63, 3.8) is 0 Å². The van der Waals surface area contributed by atoms with Gasteiger partial charge in [-0.1, -0.05) is 30.3 Å². The molecule has 0 amide bonds. The largest absolute Gasteiger partial charge is 0.486 e. The number of fused-ring (bicyclic) bond motifs is 1. The molecule has 0 bridgehead atoms. The van der Waals surface area contributed by atoms with E-state index in [0.29, 0.717) is 52.2 Å². The SMILES string of the molecule is CC(=Nn1c(-c2ccccc2F)csc1=Nc1c(C)n(C)n(-c2ccccc2)c1=O)c1ccc2c(c1)OCCO2. The first-order chi connectivity index (χ1) is 19.4. The molecular formula is C30H26FN5O3S. The van der Waals surface area contributed by atoms with Crippen molar-refractivity contribution in [3.05, 3.63) is 110 Å². The number of rotatable bonds is 5. The maximum atomic E-state index is 14.9. The predicted molar refractivity (Wildman–Crippen MR) is 154 cm³/mol. The highest BCUT2D eigenvalue weighted by molar-refractivity contribution is 7.07. The molecule has 1 aliphatic heterocycles. The Kier molecular flexibility index (Phi) is 6.69. The van der Waals surface area contributed by atoms with Gasteiger partial charge in [-0.25, -0.2) is 18.7 Å². The smallest absolute Gasteiger partial charge is 0.297 e. The van der Waals surface area contributed by atoms with E-state index in [-0.39, 0.29) is 17.1 Å². The Morgan fingerprint density at radius 2 is 1.70 bits per heavy atom. The standard InChI is InChI=1S/C30H26FN5O3S/c1-19(21-13-14-26-27(17-21)39-16-15-38-26)33-35-25(23-11-7-8-12-24(23)31)18-40-30(35)32-28-20(2)34(3)36(29(28)37)22-9-5-4-6-10-22/h4-14,17-18H,15-16H2,1-3H3. The molecule has 0 N–H and O–H groups in total. The normalized spacial score (nSPS) is 13.6. The Balaban J connectivity index is 1.54. The van der Waals surface area contributed by atoms with Crippen molar-refractivity contribution in [3.8, 4) is 28.4 Å². The van der Waals surface area contributed by atoms with Crippen LogP contribution in [0.15, 0.2) is 93.1 Å². The molecule has 0 saturated carbocycles. The molecule has 40 heavy (non-hydrogen) atoms. The quantitative estimate of drug-likeness (QED) is 0.272. The average Bonchev–Trinajstić information content (AvgIpc) is 3.46. The average molecular weight is 556 g/mol. The Morgan fingerprint density at radius 3 is 2.48 bits per heavy atom. The third-order valence-electron chi connectivity index (χ3n) is 6.78. The van der Waals surface area contributed by atoms with Crippen LogP contribution in [-0.2, 0) is 7.05 Å². The predicted octanol–water partition coefficient (Wildman–Crippen LogP) is 5.43. The molecule has 6 rings (SSSR count). The van der Waals surface area contributed by atoms with Crippen molar-refractivity contribution in [2.24, 2.45) is 17.1 Å². The van der Waals surface area contributed by atoms with Crippen LogP contribution < -0.4 is 19.8 Å². The summed E-state index contributed by atoms with van der Waals surface area (Å²) in [5.41, 5.74) is 3.82. The van der Waals surface area contributed by atoms with E-state index in [2.05, 4.69) is 0 Å². The van der Waals surface area contributed by atoms with Crippen LogP contribution in [-0.4, -0.2) is 33.0 Å². The van der Waals surface area contributed by atoms with E-state index in [0.717, 1.165) is 11.3 Å². The van der Waals surface area contributed by atoms with Gasteiger partial charge in [-0.05, 0) is 56.3 Å². The van der Waals surface area contributed by atoms with Crippen LogP contribution in [0.25, 0.3) is 16.9 Å². The summed E-state index contributed by atoms with van der Waals surface area (Å²) in [6.45, 7) is 4.69. The summed E-state index contributed by atoms with van der Waals surface area (Å²) in [4.78, 5) is 18.8. The van der Waals surface area contributed by atoms with Gasteiger partial charge in [-0.2, -0.15) is 5.10 Å². The lowest BCUT2D eigenvalue weighted by molar-refractivity contribution is 0.171. The van der Waals surface area contributed by atoms with Gasteiger partial charge in [0.1, 0.15) is 19.0 Å². The maximum Gasteiger partial charge on any atom is 0.297 e. The van der Waals surface area contributed by atoms with Crippen molar-refractivity contribution < 1.29 is 13.9 Å². The molecule has 202 valence electrons. The number of ether oxygens (including phenoxy) is 2. The van der Waals surface area contributed by atoms with Crippen LogP contribution in [0.2, 0.25) is 0 Å². The Hall–Kier alpha value is -4.70. The van der Waals surface area contributed by atoms with Gasteiger partial charge in [0.2, 0.25) is 4.80 Å². The zero-order valence-corrected chi connectivity index (χ0v) is 23.0. The molecule has 10 heteroatoms. The van der Waals surface area contributed by atoms with Crippen LogP contribution in [0.3, 0.4) is 0 Å². The van der Waals surface area contributed by atoms with E-state index < -0.39 is 0 Å². The fourth-order valence-electron chi connectivity index (χ4n) is 4.58. The first-order valence-electron chi connectivity index (χ1n) is 12.7. The number of hydrogen-bond donors (Lipinski definition) is 0. The molecule has 1 aliphatic rings. The van der Waals surface area contributed by atoms with Crippen molar-refractivity contribution in [2.75, 3.05) is 13.2 Å². The van der Waals surface area contributed by atoms with Gasteiger partial charge in [0.25, 0.3) is 5.56 Å². The second-order valence-corrected chi connectivity index (χ2v) is 10.1. The van der Waals surface area contributed by atoms with Crippen LogP contribution in [0.5, 0.6) is 11.5 Å². The lowest BCUT2D eigenvalue weighted by atomic mass is 10.1. The molecule has 0 aliphatic carbocycles. The van der Waals surface area contributed by atoms with E-state index in [1.165, 1.54) is 17.4 Å². The topological polar surface area (TPSA) is 75.0 Å². The number of aromatic nitrogens is 3. The number of benzene rings is 3. The maximum absolute atomic E-state index is 14.9. The highest BCUT2D eigenvalue weighted by atomic mass is 32.1. The second-order valence-electron chi connectivity index (χ2n) is 9.26. The number of para-hydroxylation sites is 1. The fourth-order valence-corrected chi connectivity index (χ4v) is 5.41. The molecule has 2 aromatic heterocycles. The summed E-state index contributed by atoms with van der Waals surface area (Å²) < 4.78 is 31.3. The lowest BCUT2D eigenvalue weighted by Gasteiger charge is -2.18. The summed E-state index contributed by atoms with van der Waals surface area (Å²) >= 11 is 1.28. The molecule has 0 saturated heterocycles. The number of halogens is 1. The van der Waals surface area contributed by atoms with Gasteiger partial charge in [-0.15, -0.1) is 11.3 Å². The molecule has 3 aromatic carbocycles. The third-order valence-corrected chi connectivity index (χ3v) is 7.59. The summed E-state index contributed by atoms with van der Waals surface area (Å²) in [6.07, 6.45) is 0. The van der Waals surface area contributed by atoms with E-state index in [1.54, 1.807) is 37.6 Å². The van der Waals surface area contributed by atoms with Crippen LogP contribution >= 0.6 is 11.3 Å². The number of thiazole rings is 1. The first kappa shape index (κ1) is 25.6. The van der Waals surface area contributed by atoms with E-state index in [9.17, 15) is 9.18 Å². The third kappa shape index (κ3) is 4.56. The van der Waals surface area contributed by atoms with Gasteiger partial charge in [0, 0.05) is 23.6 Å². The van der Waals surface area contributed by atoms with Gasteiger partial charge < -0.3 is 9.47 Å². The van der Waals surface area contributed by atoms with Gasteiger partial charge in [0.05, 0.1) is 22.8 Å². The van der Waals surface area contributed by atoms with E-state index in [4.69, 9.17) is 19.6 Å². The van der Waals surface area contributed by atoms with Crippen molar-refractivity contribution in [1.29, 1.82) is 0 Å². The number of hydrogen-bond acceptors (Lipinski definition) is 6. The Labute approximate surface area is 233 Å². The summed E-state index contributed by atoms with van der Waals surface area (Å²) in [6, 6.07) is 21.5. The Bertz CT molecular complexity index is 1880. The van der Waals surface area contributed by atoms with E-state index >= 15 is 0 Å². The van der Waals surface area contributed by atoms with Crippen LogP contribution in [0, 0.1) is 12.7 Å². The molecule has 8 nitrogen and oxygen atoms in total. The summed E-state index contributed by atoms with van der Waals surface area (Å²) in [5.74, 6) is 0.951. The molecular weight excluding hydrogens is 529 g/mol.